The Morgan fingerprint density at radius 3 is 2.86 bits per heavy atom. The number of ether oxygens (including phenoxy) is 2. The summed E-state index contributed by atoms with van der Waals surface area (Å²) in [5, 5.41) is 15.4. The fraction of sp³-hybridized carbons (Fsp3) is 0.263. The van der Waals surface area contributed by atoms with Crippen molar-refractivity contribution in [1.29, 1.82) is 0 Å². The lowest BCUT2D eigenvalue weighted by atomic mass is 10.1. The van der Waals surface area contributed by atoms with E-state index in [1.165, 1.54) is 22.9 Å². The van der Waals surface area contributed by atoms with E-state index in [1.807, 2.05) is 18.2 Å². The number of aromatic nitrogens is 4. The number of nitrogens with zero attached hydrogens (tertiary/aromatic N) is 4. The molecule has 1 aromatic heterocycles. The summed E-state index contributed by atoms with van der Waals surface area (Å²) in [6.07, 6.45) is 0.332. The number of hydrogen-bond acceptors (Lipinski definition) is 7. The van der Waals surface area contributed by atoms with Gasteiger partial charge in [-0.05, 0) is 59.7 Å². The Morgan fingerprint density at radius 2 is 2.00 bits per heavy atom. The number of aryl methyl sites for hydroxylation is 2. The molecule has 8 nitrogen and oxygen atoms in total. The van der Waals surface area contributed by atoms with Crippen molar-refractivity contribution in [2.24, 2.45) is 0 Å². The van der Waals surface area contributed by atoms with Gasteiger partial charge in [-0.1, -0.05) is 17.8 Å². The predicted octanol–water partition coefficient (Wildman–Crippen LogP) is 3.13. The van der Waals surface area contributed by atoms with Gasteiger partial charge in [-0.25, -0.2) is 0 Å². The molecule has 0 radical (unpaired) electrons. The van der Waals surface area contributed by atoms with Gasteiger partial charge < -0.3 is 14.8 Å². The fourth-order valence-corrected chi connectivity index (χ4v) is 3.55. The van der Waals surface area contributed by atoms with Crippen molar-refractivity contribution >= 4 is 23.4 Å². The third-order valence-electron chi connectivity index (χ3n) is 4.39. The molecule has 0 bridgehead atoms. The van der Waals surface area contributed by atoms with Gasteiger partial charge in [0.05, 0.1) is 5.69 Å². The fourth-order valence-electron chi connectivity index (χ4n) is 2.72. The van der Waals surface area contributed by atoms with E-state index in [2.05, 4.69) is 34.7 Å². The highest BCUT2D eigenvalue weighted by Gasteiger charge is 2.15. The van der Waals surface area contributed by atoms with E-state index in [-0.39, 0.29) is 12.7 Å². The number of nitrogens with one attached hydrogen (secondary N) is 1. The van der Waals surface area contributed by atoms with Crippen molar-refractivity contribution in [2.75, 3.05) is 17.9 Å². The van der Waals surface area contributed by atoms with Crippen molar-refractivity contribution in [3.63, 3.8) is 0 Å². The van der Waals surface area contributed by atoms with Crippen LogP contribution in [0.1, 0.15) is 17.5 Å². The monoisotopic (exact) mass is 397 g/mol. The standard InChI is InChI=1S/C19H19N5O3S/c1-12-3-5-15(9-13(12)2)24-19(21-22-23-24)28-8-7-18(25)20-14-4-6-16-17(10-14)27-11-26-16/h3-6,9-10H,7-8,11H2,1-2H3,(H,20,25). The molecule has 0 unspecified atom stereocenters. The lowest BCUT2D eigenvalue weighted by Crippen LogP contribution is -2.12. The molecule has 4 rings (SSSR count). The van der Waals surface area contributed by atoms with Gasteiger partial charge in [-0.3, -0.25) is 4.79 Å². The molecular weight excluding hydrogens is 378 g/mol. The molecule has 0 saturated carbocycles. The average Bonchev–Trinajstić information content (AvgIpc) is 3.33. The number of tetrazole rings is 1. The summed E-state index contributed by atoms with van der Waals surface area (Å²) < 4.78 is 12.3. The van der Waals surface area contributed by atoms with E-state index in [9.17, 15) is 4.79 Å². The molecule has 0 spiro atoms. The summed E-state index contributed by atoms with van der Waals surface area (Å²) in [6.45, 7) is 4.32. The lowest BCUT2D eigenvalue weighted by molar-refractivity contribution is -0.115. The molecule has 0 fully saturated rings. The molecule has 28 heavy (non-hydrogen) atoms. The molecule has 2 aromatic carbocycles. The Balaban J connectivity index is 1.33. The summed E-state index contributed by atoms with van der Waals surface area (Å²) in [4.78, 5) is 12.2. The van der Waals surface area contributed by atoms with Gasteiger partial charge in [0.15, 0.2) is 11.5 Å². The Hall–Kier alpha value is -3.07. The maximum atomic E-state index is 12.2. The smallest absolute Gasteiger partial charge is 0.231 e. The minimum absolute atomic E-state index is 0.0865. The summed E-state index contributed by atoms with van der Waals surface area (Å²) in [5.74, 6) is 1.80. The maximum absolute atomic E-state index is 12.2. The first-order chi connectivity index (χ1) is 13.6. The molecule has 0 aliphatic carbocycles. The van der Waals surface area contributed by atoms with E-state index < -0.39 is 0 Å². The summed E-state index contributed by atoms with van der Waals surface area (Å²) in [6, 6.07) is 11.4. The van der Waals surface area contributed by atoms with Crippen molar-refractivity contribution in [3.05, 3.63) is 47.5 Å². The molecule has 1 aliphatic rings. The molecule has 0 saturated heterocycles. The van der Waals surface area contributed by atoms with Crippen molar-refractivity contribution in [1.82, 2.24) is 20.2 Å². The van der Waals surface area contributed by atoms with Crippen LogP contribution in [-0.2, 0) is 4.79 Å². The molecular formula is C19H19N5O3S. The molecule has 144 valence electrons. The van der Waals surface area contributed by atoms with E-state index in [1.54, 1.807) is 22.9 Å². The van der Waals surface area contributed by atoms with Crippen LogP contribution in [0.2, 0.25) is 0 Å². The quantitative estimate of drug-likeness (QED) is 0.639. The molecule has 1 N–H and O–H groups in total. The number of rotatable bonds is 6. The van der Waals surface area contributed by atoms with Crippen molar-refractivity contribution in [2.45, 2.75) is 25.4 Å². The topological polar surface area (TPSA) is 91.2 Å². The van der Waals surface area contributed by atoms with Crippen molar-refractivity contribution in [3.8, 4) is 17.2 Å². The van der Waals surface area contributed by atoms with Gasteiger partial charge in [-0.2, -0.15) is 4.68 Å². The number of fused-ring (bicyclic) bond motifs is 1. The van der Waals surface area contributed by atoms with E-state index in [0.29, 0.717) is 34.5 Å². The zero-order valence-electron chi connectivity index (χ0n) is 15.5. The molecule has 0 atom stereocenters. The predicted molar refractivity (Wildman–Crippen MR) is 105 cm³/mol. The number of carbonyl (C=O) groups excluding carboxylic acids is 1. The number of thioether (sulfide) groups is 1. The van der Waals surface area contributed by atoms with Crippen LogP contribution in [0.4, 0.5) is 5.69 Å². The van der Waals surface area contributed by atoms with Crippen molar-refractivity contribution < 1.29 is 14.3 Å². The molecule has 3 aromatic rings. The highest BCUT2D eigenvalue weighted by atomic mass is 32.2. The first-order valence-electron chi connectivity index (χ1n) is 8.78. The van der Waals surface area contributed by atoms with Crippen LogP contribution in [0.5, 0.6) is 11.5 Å². The van der Waals surface area contributed by atoms with E-state index in [4.69, 9.17) is 9.47 Å². The van der Waals surface area contributed by atoms with E-state index >= 15 is 0 Å². The minimum atomic E-state index is -0.0865. The Morgan fingerprint density at radius 1 is 1.14 bits per heavy atom. The third-order valence-corrected chi connectivity index (χ3v) is 5.31. The number of hydrogen-bond donors (Lipinski definition) is 1. The Bertz CT molecular complexity index is 1020. The van der Waals surface area contributed by atoms with Gasteiger partial charge in [0.2, 0.25) is 17.9 Å². The number of amides is 1. The van der Waals surface area contributed by atoms with Gasteiger partial charge in [-0.15, -0.1) is 5.10 Å². The Labute approximate surface area is 166 Å². The van der Waals surface area contributed by atoms with Crippen LogP contribution in [-0.4, -0.2) is 38.7 Å². The molecule has 1 aliphatic heterocycles. The second-order valence-corrected chi connectivity index (χ2v) is 7.42. The number of anilines is 1. The van der Waals surface area contributed by atoms with Crippen LogP contribution >= 0.6 is 11.8 Å². The highest BCUT2D eigenvalue weighted by molar-refractivity contribution is 7.99. The maximum Gasteiger partial charge on any atom is 0.231 e. The SMILES string of the molecule is Cc1ccc(-n2nnnc2SCCC(=O)Nc2ccc3c(c2)OCO3)cc1C. The van der Waals surface area contributed by atoms with E-state index in [0.717, 1.165) is 5.69 Å². The van der Waals surface area contributed by atoms with Crippen LogP contribution in [0.15, 0.2) is 41.6 Å². The second kappa shape index (κ2) is 7.89. The first-order valence-corrected chi connectivity index (χ1v) is 9.77. The number of carbonyl (C=O) groups is 1. The van der Waals surface area contributed by atoms with Crippen LogP contribution in [0, 0.1) is 13.8 Å². The van der Waals surface area contributed by atoms with Gasteiger partial charge in [0, 0.05) is 23.9 Å². The molecule has 9 heteroatoms. The Kier molecular flexibility index (Phi) is 5.16. The normalized spacial score (nSPS) is 12.2. The minimum Gasteiger partial charge on any atom is -0.454 e. The van der Waals surface area contributed by atoms with Crippen LogP contribution < -0.4 is 14.8 Å². The largest absolute Gasteiger partial charge is 0.454 e. The third kappa shape index (κ3) is 3.94. The summed E-state index contributed by atoms with van der Waals surface area (Å²) in [7, 11) is 0. The zero-order chi connectivity index (χ0) is 19.5. The van der Waals surface area contributed by atoms with Gasteiger partial charge >= 0.3 is 0 Å². The highest BCUT2D eigenvalue weighted by Crippen LogP contribution is 2.34. The number of benzene rings is 2. The lowest BCUT2D eigenvalue weighted by Gasteiger charge is -2.08. The summed E-state index contributed by atoms with van der Waals surface area (Å²) in [5.41, 5.74) is 3.97. The second-order valence-electron chi connectivity index (χ2n) is 6.36. The molecule has 2 heterocycles. The first kappa shape index (κ1) is 18.3. The zero-order valence-corrected chi connectivity index (χ0v) is 16.3. The summed E-state index contributed by atoms with van der Waals surface area (Å²) >= 11 is 1.44. The van der Waals surface area contributed by atoms with Gasteiger partial charge in [0.1, 0.15) is 0 Å². The van der Waals surface area contributed by atoms with Crippen LogP contribution in [0.25, 0.3) is 5.69 Å². The molecule has 1 amide bonds. The van der Waals surface area contributed by atoms with Gasteiger partial charge in [0.25, 0.3) is 0 Å². The van der Waals surface area contributed by atoms with Crippen LogP contribution in [0.3, 0.4) is 0 Å². The average molecular weight is 397 g/mol.